The summed E-state index contributed by atoms with van der Waals surface area (Å²) in [5.41, 5.74) is 2.91. The predicted molar refractivity (Wildman–Crippen MR) is 63.9 cm³/mol. The van der Waals surface area contributed by atoms with Crippen LogP contribution in [0, 0.1) is 0 Å². The van der Waals surface area contributed by atoms with Crippen LogP contribution in [0.5, 0.6) is 17.2 Å². The summed E-state index contributed by atoms with van der Waals surface area (Å²) >= 11 is 0. The number of methoxy groups -OCH3 is 2. The molecule has 17 heavy (non-hydrogen) atoms. The molecule has 1 aromatic rings. The topological polar surface area (TPSA) is 60.0 Å². The van der Waals surface area contributed by atoms with Gasteiger partial charge in [0.2, 0.25) is 5.75 Å². The van der Waals surface area contributed by atoms with Crippen molar-refractivity contribution in [1.29, 1.82) is 0 Å². The second-order valence-corrected chi connectivity index (χ2v) is 3.79. The number of rotatable bonds is 6. The van der Waals surface area contributed by atoms with E-state index in [1.165, 1.54) is 0 Å². The highest BCUT2D eigenvalue weighted by molar-refractivity contribution is 5.55. The van der Waals surface area contributed by atoms with E-state index in [9.17, 15) is 0 Å². The Bertz CT molecular complexity index is 366. The Morgan fingerprint density at radius 2 is 1.88 bits per heavy atom. The van der Waals surface area contributed by atoms with E-state index >= 15 is 0 Å². The van der Waals surface area contributed by atoms with Crippen LogP contribution in [0.2, 0.25) is 0 Å². The fraction of sp³-hybridized carbons (Fsp3) is 0.500. The van der Waals surface area contributed by atoms with Gasteiger partial charge in [-0.3, -0.25) is 0 Å². The van der Waals surface area contributed by atoms with Gasteiger partial charge in [-0.05, 0) is 26.0 Å². The van der Waals surface area contributed by atoms with Crippen molar-refractivity contribution in [3.05, 3.63) is 17.7 Å². The molecule has 96 valence electrons. The van der Waals surface area contributed by atoms with Gasteiger partial charge in [0.1, 0.15) is 0 Å². The Labute approximate surface area is 101 Å². The van der Waals surface area contributed by atoms with E-state index in [1.807, 2.05) is 19.9 Å². The molecule has 0 heterocycles. The first-order chi connectivity index (χ1) is 8.13. The third-order valence-corrected chi connectivity index (χ3v) is 2.20. The van der Waals surface area contributed by atoms with Crippen molar-refractivity contribution in [2.45, 2.75) is 26.5 Å². The molecule has 0 saturated carbocycles. The summed E-state index contributed by atoms with van der Waals surface area (Å²) in [7, 11) is 3.13. The van der Waals surface area contributed by atoms with Crippen LogP contribution in [0.1, 0.15) is 19.4 Å². The Morgan fingerprint density at radius 3 is 2.35 bits per heavy atom. The first-order valence-electron chi connectivity index (χ1n) is 5.41. The van der Waals surface area contributed by atoms with E-state index in [-0.39, 0.29) is 12.6 Å². The van der Waals surface area contributed by atoms with E-state index in [0.717, 1.165) is 5.56 Å². The van der Waals surface area contributed by atoms with Crippen molar-refractivity contribution in [1.82, 2.24) is 5.48 Å². The van der Waals surface area contributed by atoms with Crippen LogP contribution in [-0.4, -0.2) is 25.5 Å². The monoisotopic (exact) mass is 241 g/mol. The third-order valence-electron chi connectivity index (χ3n) is 2.20. The van der Waals surface area contributed by atoms with Crippen molar-refractivity contribution in [3.8, 4) is 17.2 Å². The minimum Gasteiger partial charge on any atom is -0.493 e. The lowest BCUT2D eigenvalue weighted by atomic mass is 10.1. The lowest BCUT2D eigenvalue weighted by molar-refractivity contribution is 0.157. The SMILES string of the molecule is COc1ccc(CNO)c(OC(C)C)c1OC. The zero-order chi connectivity index (χ0) is 12.8. The average molecular weight is 241 g/mol. The minimum absolute atomic E-state index is 0.00782. The molecule has 0 bridgehead atoms. The lowest BCUT2D eigenvalue weighted by Gasteiger charge is -2.19. The molecule has 0 unspecified atom stereocenters. The summed E-state index contributed by atoms with van der Waals surface area (Å²) < 4.78 is 16.2. The van der Waals surface area contributed by atoms with Crippen molar-refractivity contribution < 1.29 is 19.4 Å². The Kier molecular flexibility index (Phi) is 5.06. The smallest absolute Gasteiger partial charge is 0.203 e. The van der Waals surface area contributed by atoms with Crippen LogP contribution >= 0.6 is 0 Å². The molecule has 2 N–H and O–H groups in total. The van der Waals surface area contributed by atoms with Crippen LogP contribution < -0.4 is 19.7 Å². The third kappa shape index (κ3) is 3.25. The fourth-order valence-corrected chi connectivity index (χ4v) is 1.53. The molecule has 0 aromatic heterocycles. The van der Waals surface area contributed by atoms with E-state index < -0.39 is 0 Å². The van der Waals surface area contributed by atoms with E-state index in [4.69, 9.17) is 19.4 Å². The molecule has 5 nitrogen and oxygen atoms in total. The maximum Gasteiger partial charge on any atom is 0.203 e. The normalized spacial score (nSPS) is 10.5. The Hall–Kier alpha value is -1.46. The predicted octanol–water partition coefficient (Wildman–Crippen LogP) is 1.97. The molecule has 0 amide bonds. The molecule has 0 aliphatic rings. The highest BCUT2D eigenvalue weighted by atomic mass is 16.5. The van der Waals surface area contributed by atoms with Crippen LogP contribution in [-0.2, 0) is 6.54 Å². The van der Waals surface area contributed by atoms with Gasteiger partial charge >= 0.3 is 0 Å². The van der Waals surface area contributed by atoms with Crippen LogP contribution in [0.25, 0.3) is 0 Å². The quantitative estimate of drug-likeness (QED) is 0.746. The summed E-state index contributed by atoms with van der Waals surface area (Å²) in [4.78, 5) is 0. The standard InChI is InChI=1S/C12H19NO4/c1-8(2)17-11-9(7-13-14)5-6-10(15-3)12(11)16-4/h5-6,8,13-14H,7H2,1-4H3. The molecule has 1 aromatic carbocycles. The number of hydroxylamine groups is 1. The van der Waals surface area contributed by atoms with Gasteiger partial charge in [0.15, 0.2) is 11.5 Å². The molecule has 0 atom stereocenters. The maximum absolute atomic E-state index is 8.79. The largest absolute Gasteiger partial charge is 0.493 e. The van der Waals surface area contributed by atoms with Gasteiger partial charge in [-0.15, -0.1) is 0 Å². The van der Waals surface area contributed by atoms with E-state index in [0.29, 0.717) is 17.2 Å². The van der Waals surface area contributed by atoms with Crippen molar-refractivity contribution in [2.75, 3.05) is 14.2 Å². The van der Waals surface area contributed by atoms with Crippen molar-refractivity contribution in [2.24, 2.45) is 0 Å². The zero-order valence-electron chi connectivity index (χ0n) is 10.6. The number of hydrogen-bond acceptors (Lipinski definition) is 5. The second-order valence-electron chi connectivity index (χ2n) is 3.79. The molecule has 0 aliphatic heterocycles. The summed E-state index contributed by atoms with van der Waals surface area (Å²) in [6.07, 6.45) is 0.00782. The molecule has 0 saturated heterocycles. The van der Waals surface area contributed by atoms with Crippen molar-refractivity contribution in [3.63, 3.8) is 0 Å². The maximum atomic E-state index is 8.79. The van der Waals surface area contributed by atoms with E-state index in [2.05, 4.69) is 5.48 Å². The number of hydrogen-bond donors (Lipinski definition) is 2. The highest BCUT2D eigenvalue weighted by Gasteiger charge is 2.17. The molecule has 5 heteroatoms. The Morgan fingerprint density at radius 1 is 1.18 bits per heavy atom. The number of ether oxygens (including phenoxy) is 3. The highest BCUT2D eigenvalue weighted by Crippen LogP contribution is 2.40. The van der Waals surface area contributed by atoms with Gasteiger partial charge in [0.05, 0.1) is 20.3 Å². The molecule has 0 aliphatic carbocycles. The Balaban J connectivity index is 3.22. The minimum atomic E-state index is 0.00782. The lowest BCUT2D eigenvalue weighted by Crippen LogP contribution is -2.13. The molecule has 0 radical (unpaired) electrons. The van der Waals surface area contributed by atoms with Crippen LogP contribution in [0.4, 0.5) is 0 Å². The van der Waals surface area contributed by atoms with Gasteiger partial charge in [-0.1, -0.05) is 0 Å². The van der Waals surface area contributed by atoms with Crippen LogP contribution in [0.15, 0.2) is 12.1 Å². The zero-order valence-corrected chi connectivity index (χ0v) is 10.6. The first kappa shape index (κ1) is 13.6. The summed E-state index contributed by atoms with van der Waals surface area (Å²) in [6.45, 7) is 4.13. The van der Waals surface area contributed by atoms with Crippen molar-refractivity contribution >= 4 is 0 Å². The van der Waals surface area contributed by atoms with E-state index in [1.54, 1.807) is 20.3 Å². The van der Waals surface area contributed by atoms with Gasteiger partial charge in [-0.2, -0.15) is 0 Å². The summed E-state index contributed by atoms with van der Waals surface area (Å²) in [6, 6.07) is 3.60. The number of benzene rings is 1. The van der Waals surface area contributed by atoms with Gasteiger partial charge < -0.3 is 19.4 Å². The molecular weight excluding hydrogens is 222 g/mol. The van der Waals surface area contributed by atoms with Gasteiger partial charge in [0, 0.05) is 12.1 Å². The second kappa shape index (κ2) is 6.32. The summed E-state index contributed by atoms with van der Waals surface area (Å²) in [5, 5.41) is 8.79. The van der Waals surface area contributed by atoms with Gasteiger partial charge in [0.25, 0.3) is 0 Å². The molecule has 0 fully saturated rings. The number of nitrogens with one attached hydrogen (secondary N) is 1. The summed E-state index contributed by atoms with van der Waals surface area (Å²) in [5.74, 6) is 1.72. The molecule has 1 rings (SSSR count). The molecule has 0 spiro atoms. The van der Waals surface area contributed by atoms with Crippen LogP contribution in [0.3, 0.4) is 0 Å². The fourth-order valence-electron chi connectivity index (χ4n) is 1.53. The first-order valence-corrected chi connectivity index (χ1v) is 5.41. The molecular formula is C12H19NO4. The van der Waals surface area contributed by atoms with Gasteiger partial charge in [-0.25, -0.2) is 5.48 Å². The average Bonchev–Trinajstić information content (AvgIpc) is 2.30.